The maximum absolute atomic E-state index is 12.1. The molecule has 0 bridgehead atoms. The second kappa shape index (κ2) is 7.07. The third kappa shape index (κ3) is 3.94. The van der Waals surface area contributed by atoms with E-state index in [2.05, 4.69) is 29.2 Å². The smallest absolute Gasteiger partial charge is 0.252 e. The fraction of sp³-hybridized carbons (Fsp3) is 0.333. The normalized spacial score (nSPS) is 10.0. The van der Waals surface area contributed by atoms with E-state index in [1.54, 1.807) is 16.1 Å². The third-order valence-corrected chi connectivity index (χ3v) is 3.79. The Hall–Kier alpha value is -2.10. The highest BCUT2D eigenvalue weighted by atomic mass is 32.1. The number of aryl methyl sites for hydroxylation is 2. The first kappa shape index (κ1) is 15.3. The van der Waals surface area contributed by atoms with Crippen molar-refractivity contribution in [1.29, 1.82) is 0 Å². The minimum absolute atomic E-state index is 0.0991. The molecule has 1 amide bonds. The molecule has 0 atom stereocenters. The molecule has 2 rings (SSSR count). The molecule has 2 aromatic rings. The summed E-state index contributed by atoms with van der Waals surface area (Å²) in [6.45, 7) is 2.85. The van der Waals surface area contributed by atoms with E-state index in [1.807, 2.05) is 13.2 Å². The number of nitrogens with zero attached hydrogens (tertiary/aromatic N) is 2. The molecule has 2 aromatic heterocycles. The first-order chi connectivity index (χ1) is 10.1. The quantitative estimate of drug-likeness (QED) is 0.836. The van der Waals surface area contributed by atoms with Crippen LogP contribution in [0.15, 0.2) is 17.6 Å². The summed E-state index contributed by atoms with van der Waals surface area (Å²) in [6.07, 6.45) is 2.79. The van der Waals surface area contributed by atoms with Crippen molar-refractivity contribution in [2.75, 3.05) is 6.54 Å². The van der Waals surface area contributed by atoms with Gasteiger partial charge < -0.3 is 11.1 Å². The molecule has 110 valence electrons. The second-order valence-electron chi connectivity index (χ2n) is 4.52. The van der Waals surface area contributed by atoms with Gasteiger partial charge in [0.2, 0.25) is 0 Å². The van der Waals surface area contributed by atoms with Crippen molar-refractivity contribution in [3.63, 3.8) is 0 Å². The average molecular weight is 302 g/mol. The van der Waals surface area contributed by atoms with Crippen LogP contribution in [0.25, 0.3) is 0 Å². The highest BCUT2D eigenvalue weighted by Gasteiger charge is 2.10. The van der Waals surface area contributed by atoms with E-state index in [9.17, 15) is 4.79 Å². The van der Waals surface area contributed by atoms with Gasteiger partial charge in [0.1, 0.15) is 0 Å². The lowest BCUT2D eigenvalue weighted by Gasteiger charge is -2.03. The minimum Gasteiger partial charge on any atom is -0.348 e. The molecule has 0 aliphatic carbocycles. The topological polar surface area (TPSA) is 72.9 Å². The van der Waals surface area contributed by atoms with Gasteiger partial charge in [-0.25, -0.2) is 0 Å². The van der Waals surface area contributed by atoms with E-state index < -0.39 is 0 Å². The minimum atomic E-state index is -0.0991. The van der Waals surface area contributed by atoms with Crippen molar-refractivity contribution in [2.24, 2.45) is 12.8 Å². The predicted molar refractivity (Wildman–Crippen MR) is 84.0 cm³/mol. The fourth-order valence-corrected chi connectivity index (χ4v) is 2.72. The molecule has 0 unspecified atom stereocenters. The van der Waals surface area contributed by atoms with Gasteiger partial charge in [0.15, 0.2) is 0 Å². The monoisotopic (exact) mass is 302 g/mol. The summed E-state index contributed by atoms with van der Waals surface area (Å²) in [5, 5.41) is 9.07. The second-order valence-corrected chi connectivity index (χ2v) is 5.43. The van der Waals surface area contributed by atoms with E-state index >= 15 is 0 Å². The van der Waals surface area contributed by atoms with Crippen molar-refractivity contribution in [3.05, 3.63) is 39.3 Å². The van der Waals surface area contributed by atoms with Crippen LogP contribution in [-0.2, 0) is 20.0 Å². The largest absolute Gasteiger partial charge is 0.348 e. The summed E-state index contributed by atoms with van der Waals surface area (Å²) in [4.78, 5) is 13.0. The molecule has 21 heavy (non-hydrogen) atoms. The standard InChI is InChI=1S/C15H18N4OS/c1-3-14-12(9-19(2)18-14)8-17-15(20)11-7-13(21-10-11)5-4-6-16/h7,9-10H,3,6,8,16H2,1-2H3,(H,17,20). The van der Waals surface area contributed by atoms with Gasteiger partial charge in [-0.2, -0.15) is 5.10 Å². The Bertz CT molecular complexity index is 690. The molecule has 0 spiro atoms. The van der Waals surface area contributed by atoms with Crippen LogP contribution in [0, 0.1) is 11.8 Å². The van der Waals surface area contributed by atoms with Crippen molar-refractivity contribution in [3.8, 4) is 11.8 Å². The van der Waals surface area contributed by atoms with E-state index in [4.69, 9.17) is 5.73 Å². The SMILES string of the molecule is CCc1nn(C)cc1CNC(=O)c1csc(C#CCN)c1. The van der Waals surface area contributed by atoms with Crippen molar-refractivity contribution < 1.29 is 4.79 Å². The fourth-order valence-electron chi connectivity index (χ4n) is 1.97. The summed E-state index contributed by atoms with van der Waals surface area (Å²) < 4.78 is 1.77. The average Bonchev–Trinajstić information content (AvgIpc) is 3.08. The number of carbonyl (C=O) groups is 1. The number of nitrogens with one attached hydrogen (secondary N) is 1. The van der Waals surface area contributed by atoms with Crippen LogP contribution in [0.1, 0.15) is 33.4 Å². The van der Waals surface area contributed by atoms with Gasteiger partial charge in [-0.3, -0.25) is 9.48 Å². The Morgan fingerprint density at radius 3 is 3.10 bits per heavy atom. The van der Waals surface area contributed by atoms with Gasteiger partial charge in [-0.15, -0.1) is 11.3 Å². The highest BCUT2D eigenvalue weighted by molar-refractivity contribution is 7.10. The van der Waals surface area contributed by atoms with Crippen LogP contribution in [0.2, 0.25) is 0 Å². The van der Waals surface area contributed by atoms with E-state index in [0.717, 1.165) is 22.6 Å². The van der Waals surface area contributed by atoms with Crippen LogP contribution < -0.4 is 11.1 Å². The molecule has 0 saturated carbocycles. The Kier molecular flexibility index (Phi) is 5.14. The zero-order valence-electron chi connectivity index (χ0n) is 12.1. The zero-order valence-corrected chi connectivity index (χ0v) is 13.0. The molecule has 0 aliphatic rings. The summed E-state index contributed by atoms with van der Waals surface area (Å²) in [5.41, 5.74) is 8.02. The Labute approximate surface area is 128 Å². The molecule has 5 nitrogen and oxygen atoms in total. The number of hydrogen-bond donors (Lipinski definition) is 2. The summed E-state index contributed by atoms with van der Waals surface area (Å²) in [6, 6.07) is 1.78. The summed E-state index contributed by atoms with van der Waals surface area (Å²) in [7, 11) is 1.88. The van der Waals surface area contributed by atoms with Crippen molar-refractivity contribution in [1.82, 2.24) is 15.1 Å². The number of hydrogen-bond acceptors (Lipinski definition) is 4. The first-order valence-electron chi connectivity index (χ1n) is 6.71. The highest BCUT2D eigenvalue weighted by Crippen LogP contribution is 2.14. The molecular weight excluding hydrogens is 284 g/mol. The maximum Gasteiger partial charge on any atom is 0.252 e. The molecule has 0 fully saturated rings. The zero-order chi connectivity index (χ0) is 15.2. The molecule has 0 aromatic carbocycles. The summed E-state index contributed by atoms with van der Waals surface area (Å²) >= 11 is 1.44. The van der Waals surface area contributed by atoms with Gasteiger partial charge in [0.05, 0.1) is 22.7 Å². The molecule has 3 N–H and O–H groups in total. The molecule has 2 heterocycles. The van der Waals surface area contributed by atoms with Crippen LogP contribution in [-0.4, -0.2) is 22.2 Å². The van der Waals surface area contributed by atoms with E-state index in [0.29, 0.717) is 18.7 Å². The van der Waals surface area contributed by atoms with Crippen molar-refractivity contribution >= 4 is 17.2 Å². The lowest BCUT2D eigenvalue weighted by Crippen LogP contribution is -2.22. The number of nitrogens with two attached hydrogens (primary N) is 1. The molecule has 0 saturated heterocycles. The van der Waals surface area contributed by atoms with Gasteiger partial charge in [0, 0.05) is 30.7 Å². The molecule has 0 aliphatic heterocycles. The lowest BCUT2D eigenvalue weighted by atomic mass is 10.2. The van der Waals surface area contributed by atoms with Crippen LogP contribution in [0.5, 0.6) is 0 Å². The number of amides is 1. The Morgan fingerprint density at radius 1 is 1.57 bits per heavy atom. The van der Waals surface area contributed by atoms with E-state index in [-0.39, 0.29) is 5.91 Å². The third-order valence-electron chi connectivity index (χ3n) is 2.94. The van der Waals surface area contributed by atoms with Crippen LogP contribution >= 0.6 is 11.3 Å². The summed E-state index contributed by atoms with van der Waals surface area (Å²) in [5.74, 6) is 5.60. The lowest BCUT2D eigenvalue weighted by molar-refractivity contribution is 0.0951. The van der Waals surface area contributed by atoms with Gasteiger partial charge in [-0.1, -0.05) is 18.8 Å². The van der Waals surface area contributed by atoms with Crippen LogP contribution in [0.4, 0.5) is 0 Å². The number of rotatable bonds is 4. The maximum atomic E-state index is 12.1. The van der Waals surface area contributed by atoms with E-state index in [1.165, 1.54) is 11.3 Å². The first-order valence-corrected chi connectivity index (χ1v) is 7.59. The molecule has 6 heteroatoms. The molecule has 0 radical (unpaired) electrons. The molecular formula is C15H18N4OS. The number of aromatic nitrogens is 2. The van der Waals surface area contributed by atoms with Gasteiger partial charge >= 0.3 is 0 Å². The van der Waals surface area contributed by atoms with Gasteiger partial charge in [-0.05, 0) is 12.5 Å². The Balaban J connectivity index is 1.99. The Morgan fingerprint density at radius 2 is 2.38 bits per heavy atom. The predicted octanol–water partition coefficient (Wildman–Crippen LogP) is 1.28. The van der Waals surface area contributed by atoms with Crippen LogP contribution in [0.3, 0.4) is 0 Å². The van der Waals surface area contributed by atoms with Gasteiger partial charge in [0.25, 0.3) is 5.91 Å². The number of carbonyl (C=O) groups excluding carboxylic acids is 1. The number of thiophene rings is 1. The van der Waals surface area contributed by atoms with Crippen molar-refractivity contribution in [2.45, 2.75) is 19.9 Å².